The van der Waals surface area contributed by atoms with Crippen molar-refractivity contribution in [3.8, 4) is 18.0 Å². The van der Waals surface area contributed by atoms with Gasteiger partial charge in [-0.25, -0.2) is 0 Å². The van der Waals surface area contributed by atoms with Gasteiger partial charge in [0.15, 0.2) is 0 Å². The molecule has 1 saturated heterocycles. The van der Waals surface area contributed by atoms with E-state index < -0.39 is 0 Å². The minimum Gasteiger partial charge on any atom is -0.467 e. The molecule has 82 valence electrons. The lowest BCUT2D eigenvalue weighted by molar-refractivity contribution is 0.125. The monoisotopic (exact) mass is 212 g/mol. The molecule has 2 rings (SSSR count). The lowest BCUT2D eigenvalue weighted by atomic mass is 10.2. The van der Waals surface area contributed by atoms with Crippen LogP contribution in [0.1, 0.15) is 0 Å². The number of nitrogens with one attached hydrogen (secondary N) is 1. The lowest BCUT2D eigenvalue weighted by Crippen LogP contribution is -2.50. The van der Waals surface area contributed by atoms with E-state index in [4.69, 9.17) is 14.2 Å². The summed E-state index contributed by atoms with van der Waals surface area (Å²) in [5, 5.41) is 3.08. The fourth-order valence-electron chi connectivity index (χ4n) is 1.05. The Morgan fingerprint density at radius 2 is 1.53 bits per heavy atom. The van der Waals surface area contributed by atoms with Crippen LogP contribution in [0, 0.1) is 0 Å². The van der Waals surface area contributed by atoms with Crippen LogP contribution in [0.3, 0.4) is 0 Å². The van der Waals surface area contributed by atoms with Gasteiger partial charge in [-0.2, -0.15) is 0 Å². The second kappa shape index (κ2) is 4.26. The Morgan fingerprint density at radius 3 is 1.93 bits per heavy atom. The molecular weight excluding hydrogens is 200 g/mol. The van der Waals surface area contributed by atoms with E-state index in [2.05, 4.69) is 20.3 Å². The van der Waals surface area contributed by atoms with Gasteiger partial charge in [0.05, 0.1) is 14.2 Å². The van der Waals surface area contributed by atoms with E-state index in [1.807, 2.05) is 0 Å². The van der Waals surface area contributed by atoms with Crippen LogP contribution < -0.4 is 19.5 Å². The van der Waals surface area contributed by atoms with Crippen LogP contribution in [0.2, 0.25) is 0 Å². The Morgan fingerprint density at radius 1 is 1.00 bits per heavy atom. The topological polar surface area (TPSA) is 78.4 Å². The van der Waals surface area contributed by atoms with Crippen molar-refractivity contribution in [2.75, 3.05) is 27.3 Å². The van der Waals surface area contributed by atoms with Crippen LogP contribution in [0.25, 0.3) is 0 Å². The largest absolute Gasteiger partial charge is 0.467 e. The molecule has 1 N–H and O–H groups in total. The Bertz CT molecular complexity index is 320. The SMILES string of the molecule is COc1nc(OC)nc(OC2CNC2)n1. The molecule has 0 aromatic carbocycles. The molecule has 0 unspecified atom stereocenters. The van der Waals surface area contributed by atoms with Crippen LogP contribution >= 0.6 is 0 Å². The summed E-state index contributed by atoms with van der Waals surface area (Å²) >= 11 is 0. The molecule has 2 heterocycles. The number of aromatic nitrogens is 3. The van der Waals surface area contributed by atoms with E-state index in [-0.39, 0.29) is 24.1 Å². The standard InChI is InChI=1S/C8H12N4O3/c1-13-6-10-7(14-2)12-8(11-6)15-5-3-9-4-5/h5,9H,3-4H2,1-2H3. The predicted molar refractivity (Wildman–Crippen MR) is 50.2 cm³/mol. The molecule has 1 aliphatic heterocycles. The smallest absolute Gasteiger partial charge is 0.326 e. The Balaban J connectivity index is 2.13. The number of rotatable bonds is 4. The molecule has 1 aliphatic rings. The molecule has 0 bridgehead atoms. The first-order chi connectivity index (χ1) is 7.31. The summed E-state index contributed by atoms with van der Waals surface area (Å²) in [6.07, 6.45) is 0.113. The molecule has 0 aliphatic carbocycles. The van der Waals surface area contributed by atoms with Gasteiger partial charge in [-0.15, -0.1) is 15.0 Å². The second-order valence-corrected chi connectivity index (χ2v) is 2.99. The fourth-order valence-corrected chi connectivity index (χ4v) is 1.05. The molecule has 7 nitrogen and oxygen atoms in total. The zero-order valence-electron chi connectivity index (χ0n) is 8.56. The first kappa shape index (κ1) is 9.91. The van der Waals surface area contributed by atoms with Crippen molar-refractivity contribution < 1.29 is 14.2 Å². The maximum atomic E-state index is 5.45. The second-order valence-electron chi connectivity index (χ2n) is 2.99. The third-order valence-electron chi connectivity index (χ3n) is 1.96. The molecule has 1 aromatic rings. The summed E-state index contributed by atoms with van der Waals surface area (Å²) in [6, 6.07) is 0.596. The zero-order valence-corrected chi connectivity index (χ0v) is 8.56. The molecule has 0 radical (unpaired) electrons. The highest BCUT2D eigenvalue weighted by Gasteiger charge is 2.20. The summed E-state index contributed by atoms with van der Waals surface area (Å²) in [7, 11) is 2.95. The van der Waals surface area contributed by atoms with Gasteiger partial charge in [0.1, 0.15) is 6.10 Å². The first-order valence-electron chi connectivity index (χ1n) is 4.53. The zero-order chi connectivity index (χ0) is 10.7. The quantitative estimate of drug-likeness (QED) is 0.702. The van der Waals surface area contributed by atoms with Gasteiger partial charge in [0.25, 0.3) is 0 Å². The van der Waals surface area contributed by atoms with Crippen LogP contribution in [0.4, 0.5) is 0 Å². The van der Waals surface area contributed by atoms with E-state index in [0.717, 1.165) is 13.1 Å². The van der Waals surface area contributed by atoms with Crippen molar-refractivity contribution in [2.24, 2.45) is 0 Å². The predicted octanol–water partition coefficient (Wildman–Crippen LogP) is -0.761. The van der Waals surface area contributed by atoms with Gasteiger partial charge in [0, 0.05) is 13.1 Å². The molecule has 15 heavy (non-hydrogen) atoms. The van der Waals surface area contributed by atoms with Gasteiger partial charge in [0.2, 0.25) is 0 Å². The highest BCUT2D eigenvalue weighted by atomic mass is 16.5. The highest BCUT2D eigenvalue weighted by molar-refractivity contribution is 5.09. The summed E-state index contributed by atoms with van der Waals surface area (Å²) in [5.74, 6) is 0. The Hall–Kier alpha value is -1.63. The number of ether oxygens (including phenoxy) is 3. The lowest BCUT2D eigenvalue weighted by Gasteiger charge is -2.26. The van der Waals surface area contributed by atoms with E-state index in [1.54, 1.807) is 0 Å². The molecule has 7 heteroatoms. The number of nitrogens with zero attached hydrogens (tertiary/aromatic N) is 3. The number of methoxy groups -OCH3 is 2. The van der Waals surface area contributed by atoms with E-state index in [9.17, 15) is 0 Å². The molecule has 0 saturated carbocycles. The van der Waals surface area contributed by atoms with Crippen LogP contribution in [-0.2, 0) is 0 Å². The van der Waals surface area contributed by atoms with Crippen molar-refractivity contribution in [1.82, 2.24) is 20.3 Å². The molecule has 0 spiro atoms. The van der Waals surface area contributed by atoms with Crippen molar-refractivity contribution >= 4 is 0 Å². The molecule has 1 fully saturated rings. The van der Waals surface area contributed by atoms with Crippen LogP contribution in [-0.4, -0.2) is 48.4 Å². The van der Waals surface area contributed by atoms with Gasteiger partial charge in [-0.3, -0.25) is 0 Å². The van der Waals surface area contributed by atoms with Gasteiger partial charge < -0.3 is 19.5 Å². The summed E-state index contributed by atoms with van der Waals surface area (Å²) < 4.78 is 15.2. The van der Waals surface area contributed by atoms with Gasteiger partial charge in [-0.05, 0) is 0 Å². The van der Waals surface area contributed by atoms with E-state index >= 15 is 0 Å². The van der Waals surface area contributed by atoms with Crippen molar-refractivity contribution in [1.29, 1.82) is 0 Å². The third kappa shape index (κ3) is 2.24. The average Bonchev–Trinajstić information content (AvgIpc) is 2.23. The van der Waals surface area contributed by atoms with E-state index in [1.165, 1.54) is 14.2 Å². The van der Waals surface area contributed by atoms with Crippen LogP contribution in [0.5, 0.6) is 18.0 Å². The Kier molecular flexibility index (Phi) is 2.82. The van der Waals surface area contributed by atoms with Crippen LogP contribution in [0.15, 0.2) is 0 Å². The Labute approximate surface area is 86.8 Å². The molecule has 0 amide bonds. The minimum atomic E-state index is 0.113. The number of hydrogen-bond donors (Lipinski definition) is 1. The van der Waals surface area contributed by atoms with Crippen molar-refractivity contribution in [2.45, 2.75) is 6.10 Å². The van der Waals surface area contributed by atoms with Crippen molar-refractivity contribution in [3.05, 3.63) is 0 Å². The summed E-state index contributed by atoms with van der Waals surface area (Å²) in [6.45, 7) is 1.60. The first-order valence-corrected chi connectivity index (χ1v) is 4.53. The maximum Gasteiger partial charge on any atom is 0.326 e. The maximum absolute atomic E-state index is 5.45. The normalized spacial score (nSPS) is 15.6. The van der Waals surface area contributed by atoms with Gasteiger partial charge >= 0.3 is 18.0 Å². The van der Waals surface area contributed by atoms with Gasteiger partial charge in [-0.1, -0.05) is 0 Å². The summed E-state index contributed by atoms with van der Waals surface area (Å²) in [5.41, 5.74) is 0. The highest BCUT2D eigenvalue weighted by Crippen LogP contribution is 2.15. The number of hydrogen-bond acceptors (Lipinski definition) is 7. The van der Waals surface area contributed by atoms with E-state index in [0.29, 0.717) is 0 Å². The van der Waals surface area contributed by atoms with Crippen molar-refractivity contribution in [3.63, 3.8) is 0 Å². The fraction of sp³-hybridized carbons (Fsp3) is 0.625. The molecular formula is C8H12N4O3. The molecule has 1 aromatic heterocycles. The minimum absolute atomic E-state index is 0.113. The average molecular weight is 212 g/mol. The third-order valence-corrected chi connectivity index (χ3v) is 1.96. The molecule has 0 atom stereocenters. The summed E-state index contributed by atoms with van der Waals surface area (Å²) in [4.78, 5) is 11.8.